The van der Waals surface area contributed by atoms with Gasteiger partial charge in [-0.25, -0.2) is 17.5 Å². The first kappa shape index (κ1) is 19.3. The van der Waals surface area contributed by atoms with Crippen molar-refractivity contribution < 1.29 is 27.4 Å². The third-order valence-corrected chi connectivity index (χ3v) is 6.76. The summed E-state index contributed by atoms with van der Waals surface area (Å²) in [6, 6.07) is 3.01. The van der Waals surface area contributed by atoms with Crippen LogP contribution in [0.3, 0.4) is 0 Å². The quantitative estimate of drug-likeness (QED) is 0.784. The van der Waals surface area contributed by atoms with E-state index in [-0.39, 0.29) is 17.1 Å². The first-order chi connectivity index (χ1) is 12.2. The number of benzene rings is 1. The zero-order valence-corrected chi connectivity index (χ0v) is 15.5. The van der Waals surface area contributed by atoms with Crippen molar-refractivity contribution in [3.63, 3.8) is 0 Å². The SMILES string of the molecule is Cc1ccc(CS(=O)(=O)NC(C(=O)O)C2CCOC3(CCC3)C2)cc1F. The second kappa shape index (κ2) is 7.25. The average molecular weight is 385 g/mol. The summed E-state index contributed by atoms with van der Waals surface area (Å²) >= 11 is 0. The van der Waals surface area contributed by atoms with Crippen molar-refractivity contribution in [2.75, 3.05) is 6.61 Å². The predicted octanol–water partition coefficient (Wildman–Crippen LogP) is 2.36. The number of hydrogen-bond acceptors (Lipinski definition) is 4. The number of carboxylic acids is 1. The summed E-state index contributed by atoms with van der Waals surface area (Å²) in [6.45, 7) is 2.03. The van der Waals surface area contributed by atoms with Crippen LogP contribution in [0, 0.1) is 18.7 Å². The smallest absolute Gasteiger partial charge is 0.322 e. The van der Waals surface area contributed by atoms with Crippen LogP contribution in [-0.4, -0.2) is 37.7 Å². The summed E-state index contributed by atoms with van der Waals surface area (Å²) in [7, 11) is -3.92. The molecule has 1 heterocycles. The third-order valence-electron chi connectivity index (χ3n) is 5.43. The van der Waals surface area contributed by atoms with E-state index in [0.717, 1.165) is 19.3 Å². The molecule has 1 aliphatic heterocycles. The number of nitrogens with one attached hydrogen (secondary N) is 1. The molecule has 26 heavy (non-hydrogen) atoms. The molecule has 8 heteroatoms. The standard InChI is InChI=1S/C18H24FNO5S/c1-12-3-4-13(9-15(12)19)11-26(23,24)20-16(17(21)22)14-5-8-25-18(10-14)6-2-7-18/h3-4,9,14,16,20H,2,5-8,10-11H2,1H3,(H,21,22). The molecule has 1 aromatic carbocycles. The number of rotatable bonds is 6. The molecule has 2 atom stereocenters. The maximum atomic E-state index is 13.6. The summed E-state index contributed by atoms with van der Waals surface area (Å²) in [6.07, 6.45) is 3.89. The fourth-order valence-electron chi connectivity index (χ4n) is 3.80. The minimum absolute atomic E-state index is 0.276. The number of carbonyl (C=O) groups is 1. The Morgan fingerprint density at radius 1 is 1.46 bits per heavy atom. The number of hydrogen-bond donors (Lipinski definition) is 2. The van der Waals surface area contributed by atoms with Crippen molar-refractivity contribution in [1.29, 1.82) is 0 Å². The zero-order valence-electron chi connectivity index (χ0n) is 14.7. The Balaban J connectivity index is 1.72. The molecule has 1 aliphatic carbocycles. The Hall–Kier alpha value is -1.51. The molecule has 1 spiro atoms. The van der Waals surface area contributed by atoms with Gasteiger partial charge in [0.15, 0.2) is 0 Å². The van der Waals surface area contributed by atoms with Gasteiger partial charge in [-0.1, -0.05) is 12.1 Å². The van der Waals surface area contributed by atoms with Gasteiger partial charge in [-0.2, -0.15) is 0 Å². The Morgan fingerprint density at radius 2 is 2.19 bits per heavy atom. The van der Waals surface area contributed by atoms with E-state index in [1.54, 1.807) is 6.92 Å². The molecular weight excluding hydrogens is 361 g/mol. The fraction of sp³-hybridized carbons (Fsp3) is 0.611. The number of carboxylic acid groups (broad SMARTS) is 1. The Labute approximate surface area is 152 Å². The third kappa shape index (κ3) is 4.24. The van der Waals surface area contributed by atoms with Gasteiger partial charge >= 0.3 is 5.97 Å². The van der Waals surface area contributed by atoms with Crippen LogP contribution in [0.25, 0.3) is 0 Å². The summed E-state index contributed by atoms with van der Waals surface area (Å²) < 4.78 is 46.7. The lowest BCUT2D eigenvalue weighted by atomic mass is 9.70. The summed E-state index contributed by atoms with van der Waals surface area (Å²) in [5.74, 6) is -2.44. The van der Waals surface area contributed by atoms with E-state index in [4.69, 9.17) is 4.74 Å². The topological polar surface area (TPSA) is 92.7 Å². The minimum atomic E-state index is -3.92. The highest BCUT2D eigenvalue weighted by molar-refractivity contribution is 7.88. The number of aryl methyl sites for hydroxylation is 1. The van der Waals surface area contributed by atoms with E-state index in [1.807, 2.05) is 0 Å². The lowest BCUT2D eigenvalue weighted by molar-refractivity contribution is -0.157. The lowest BCUT2D eigenvalue weighted by Crippen LogP contribution is -2.53. The molecule has 1 saturated heterocycles. The molecule has 1 aromatic rings. The molecule has 2 N–H and O–H groups in total. The van der Waals surface area contributed by atoms with Crippen LogP contribution in [0.2, 0.25) is 0 Å². The highest BCUT2D eigenvalue weighted by Crippen LogP contribution is 2.45. The van der Waals surface area contributed by atoms with Gasteiger partial charge in [0.05, 0.1) is 11.4 Å². The van der Waals surface area contributed by atoms with Crippen molar-refractivity contribution in [1.82, 2.24) is 4.72 Å². The van der Waals surface area contributed by atoms with E-state index in [1.165, 1.54) is 18.2 Å². The van der Waals surface area contributed by atoms with E-state index in [2.05, 4.69) is 4.72 Å². The molecule has 0 bridgehead atoms. The molecule has 0 radical (unpaired) electrons. The molecule has 3 rings (SSSR count). The largest absolute Gasteiger partial charge is 0.480 e. The molecule has 2 fully saturated rings. The van der Waals surface area contributed by atoms with Crippen molar-refractivity contribution in [3.05, 3.63) is 35.1 Å². The van der Waals surface area contributed by atoms with Gasteiger partial charge in [0, 0.05) is 6.61 Å². The van der Waals surface area contributed by atoms with E-state index in [0.29, 0.717) is 25.0 Å². The van der Waals surface area contributed by atoms with Gasteiger partial charge in [-0.15, -0.1) is 0 Å². The second-order valence-corrected chi connectivity index (χ2v) is 9.17. The Bertz CT molecular complexity index is 791. The first-order valence-corrected chi connectivity index (χ1v) is 10.5. The molecular formula is C18H24FNO5S. The monoisotopic (exact) mass is 385 g/mol. The Kier molecular flexibility index (Phi) is 5.37. The van der Waals surface area contributed by atoms with E-state index >= 15 is 0 Å². The van der Waals surface area contributed by atoms with Crippen LogP contribution in [0.15, 0.2) is 18.2 Å². The van der Waals surface area contributed by atoms with Crippen LogP contribution >= 0.6 is 0 Å². The van der Waals surface area contributed by atoms with Gasteiger partial charge in [-0.3, -0.25) is 4.79 Å². The summed E-state index contributed by atoms with van der Waals surface area (Å²) in [5.41, 5.74) is 0.435. The van der Waals surface area contributed by atoms with Crippen molar-refractivity contribution in [2.24, 2.45) is 5.92 Å². The lowest BCUT2D eigenvalue weighted by Gasteiger charge is -2.48. The van der Waals surface area contributed by atoms with Crippen LogP contribution in [0.5, 0.6) is 0 Å². The van der Waals surface area contributed by atoms with Crippen LogP contribution in [0.1, 0.15) is 43.2 Å². The molecule has 2 unspecified atom stereocenters. The fourth-order valence-corrected chi connectivity index (χ4v) is 5.18. The van der Waals surface area contributed by atoms with Gasteiger partial charge in [-0.05, 0) is 62.1 Å². The minimum Gasteiger partial charge on any atom is -0.480 e. The molecule has 0 amide bonds. The van der Waals surface area contributed by atoms with Crippen LogP contribution in [0.4, 0.5) is 4.39 Å². The summed E-state index contributed by atoms with van der Waals surface area (Å²) in [4.78, 5) is 11.7. The normalized spacial score (nSPS) is 23.4. The predicted molar refractivity (Wildman–Crippen MR) is 93.6 cm³/mol. The summed E-state index contributed by atoms with van der Waals surface area (Å²) in [5, 5.41) is 9.57. The van der Waals surface area contributed by atoms with Crippen LogP contribution < -0.4 is 4.72 Å². The van der Waals surface area contributed by atoms with Gasteiger partial charge in [0.1, 0.15) is 11.9 Å². The molecule has 1 saturated carbocycles. The molecule has 144 valence electrons. The number of aliphatic carboxylic acids is 1. The molecule has 2 aliphatic rings. The van der Waals surface area contributed by atoms with Crippen molar-refractivity contribution in [3.8, 4) is 0 Å². The maximum Gasteiger partial charge on any atom is 0.322 e. The van der Waals surface area contributed by atoms with Crippen molar-refractivity contribution in [2.45, 2.75) is 56.4 Å². The van der Waals surface area contributed by atoms with Gasteiger partial charge in [0.2, 0.25) is 10.0 Å². The second-order valence-electron chi connectivity index (χ2n) is 7.41. The number of ether oxygens (including phenoxy) is 1. The zero-order chi connectivity index (χ0) is 18.9. The number of sulfonamides is 1. The van der Waals surface area contributed by atoms with Crippen LogP contribution in [-0.2, 0) is 25.3 Å². The van der Waals surface area contributed by atoms with E-state index in [9.17, 15) is 22.7 Å². The van der Waals surface area contributed by atoms with E-state index < -0.39 is 33.6 Å². The highest BCUT2D eigenvalue weighted by atomic mass is 32.2. The average Bonchev–Trinajstić information content (AvgIpc) is 2.54. The first-order valence-electron chi connectivity index (χ1n) is 8.82. The highest BCUT2D eigenvalue weighted by Gasteiger charge is 2.46. The van der Waals surface area contributed by atoms with Crippen molar-refractivity contribution >= 4 is 16.0 Å². The van der Waals surface area contributed by atoms with Gasteiger partial charge in [0.25, 0.3) is 0 Å². The van der Waals surface area contributed by atoms with Gasteiger partial charge < -0.3 is 9.84 Å². The molecule has 6 nitrogen and oxygen atoms in total. The maximum absolute atomic E-state index is 13.6. The molecule has 0 aromatic heterocycles. The number of halogens is 1. The Morgan fingerprint density at radius 3 is 2.77 bits per heavy atom.